The second kappa shape index (κ2) is 12.7. The summed E-state index contributed by atoms with van der Waals surface area (Å²) in [5.74, 6) is -1.36. The number of aryl methyl sites for hydroxylation is 1. The van der Waals surface area contributed by atoms with E-state index in [0.29, 0.717) is 12.0 Å². The van der Waals surface area contributed by atoms with Gasteiger partial charge in [0.15, 0.2) is 0 Å². The Morgan fingerprint density at radius 2 is 1.78 bits per heavy atom. The van der Waals surface area contributed by atoms with Crippen LogP contribution in [0.1, 0.15) is 64.6 Å². The Kier molecular flexibility index (Phi) is 10.3. The molecule has 0 aromatic heterocycles. The van der Waals surface area contributed by atoms with Crippen LogP contribution in [0.2, 0.25) is 0 Å². The smallest absolute Gasteiger partial charge is 0.408 e. The molecular formula is C26H39N3O7. The molecule has 1 fully saturated rings. The van der Waals surface area contributed by atoms with Gasteiger partial charge in [0, 0.05) is 12.6 Å². The Hall–Kier alpha value is -3.14. The van der Waals surface area contributed by atoms with Crippen LogP contribution in [0.5, 0.6) is 0 Å². The quantitative estimate of drug-likeness (QED) is 0.393. The highest BCUT2D eigenvalue weighted by Gasteiger charge is 2.48. The highest BCUT2D eigenvalue weighted by Crippen LogP contribution is 2.40. The van der Waals surface area contributed by atoms with Crippen molar-refractivity contribution in [3.63, 3.8) is 0 Å². The molecule has 1 aromatic carbocycles. The maximum absolute atomic E-state index is 13.7. The zero-order valence-corrected chi connectivity index (χ0v) is 22.0. The van der Waals surface area contributed by atoms with Gasteiger partial charge in [-0.25, -0.2) is 4.79 Å². The number of carbonyl (C=O) groups excluding carboxylic acids is 4. The minimum Gasteiger partial charge on any atom is -0.466 e. The van der Waals surface area contributed by atoms with E-state index in [1.165, 1.54) is 4.90 Å². The summed E-state index contributed by atoms with van der Waals surface area (Å²) in [6.07, 6.45) is -0.174. The van der Waals surface area contributed by atoms with E-state index in [1.54, 1.807) is 39.8 Å². The number of aliphatic hydroxyl groups excluding tert-OH is 1. The first-order valence-electron chi connectivity index (χ1n) is 12.3. The van der Waals surface area contributed by atoms with Crippen LogP contribution in [0.15, 0.2) is 24.3 Å². The third-order valence-electron chi connectivity index (χ3n) is 5.70. The summed E-state index contributed by atoms with van der Waals surface area (Å²) in [6.45, 7) is 10.3. The molecule has 10 nitrogen and oxygen atoms in total. The number of nitrogens with one attached hydrogen (secondary N) is 2. The second-order valence-corrected chi connectivity index (χ2v) is 10.1. The lowest BCUT2D eigenvalue weighted by molar-refractivity contribution is -0.145. The maximum Gasteiger partial charge on any atom is 0.408 e. The predicted molar refractivity (Wildman–Crippen MR) is 133 cm³/mol. The molecule has 4 atom stereocenters. The Morgan fingerprint density at radius 3 is 2.28 bits per heavy atom. The number of carbonyl (C=O) groups is 4. The topological polar surface area (TPSA) is 134 Å². The van der Waals surface area contributed by atoms with Crippen LogP contribution in [0.3, 0.4) is 0 Å². The van der Waals surface area contributed by atoms with Gasteiger partial charge in [0.05, 0.1) is 19.6 Å². The van der Waals surface area contributed by atoms with Crippen molar-refractivity contribution >= 4 is 23.9 Å². The van der Waals surface area contributed by atoms with Crippen molar-refractivity contribution in [2.75, 3.05) is 19.8 Å². The van der Waals surface area contributed by atoms with Gasteiger partial charge in [-0.3, -0.25) is 14.4 Å². The Labute approximate surface area is 212 Å². The molecule has 4 unspecified atom stereocenters. The van der Waals surface area contributed by atoms with Crippen LogP contribution in [0, 0.1) is 12.8 Å². The van der Waals surface area contributed by atoms with E-state index in [9.17, 15) is 24.3 Å². The number of aliphatic hydroxyl groups is 1. The molecule has 1 saturated carbocycles. The normalized spacial score (nSPS) is 18.4. The molecule has 0 heterocycles. The summed E-state index contributed by atoms with van der Waals surface area (Å²) in [4.78, 5) is 52.6. The number of hydrogen-bond acceptors (Lipinski definition) is 7. The number of ether oxygens (including phenoxy) is 2. The number of benzene rings is 1. The summed E-state index contributed by atoms with van der Waals surface area (Å²) in [7, 11) is 0. The highest BCUT2D eigenvalue weighted by atomic mass is 16.6. The standard InChI is InChI=1S/C26H39N3O7/c1-7-35-21(31)12-13-27-23(32)22(18-10-8-16(2)9-11-18)29(20-14-17(20)3)24(33)19(15-30)28-25(34)36-26(4,5)6/h8-11,17,19-20,22,30H,7,12-15H2,1-6H3,(H,27,32)(H,28,34). The van der Waals surface area contributed by atoms with Crippen LogP contribution in [-0.2, 0) is 23.9 Å². The Morgan fingerprint density at radius 1 is 1.17 bits per heavy atom. The van der Waals surface area contributed by atoms with E-state index in [-0.39, 0.29) is 31.5 Å². The third-order valence-corrected chi connectivity index (χ3v) is 5.70. The van der Waals surface area contributed by atoms with Crippen LogP contribution in [0.25, 0.3) is 0 Å². The Bertz CT molecular complexity index is 926. The van der Waals surface area contributed by atoms with Gasteiger partial charge in [0.1, 0.15) is 17.7 Å². The van der Waals surface area contributed by atoms with Crippen LogP contribution < -0.4 is 10.6 Å². The first kappa shape index (κ1) is 29.1. The van der Waals surface area contributed by atoms with Crippen molar-refractivity contribution in [2.24, 2.45) is 5.92 Å². The summed E-state index contributed by atoms with van der Waals surface area (Å²) in [5.41, 5.74) is 0.773. The largest absolute Gasteiger partial charge is 0.466 e. The fourth-order valence-corrected chi connectivity index (χ4v) is 3.79. The van der Waals surface area contributed by atoms with Crippen molar-refractivity contribution in [2.45, 2.75) is 78.1 Å². The fourth-order valence-electron chi connectivity index (χ4n) is 3.79. The van der Waals surface area contributed by atoms with Crippen molar-refractivity contribution in [3.8, 4) is 0 Å². The van der Waals surface area contributed by atoms with Crippen molar-refractivity contribution in [1.82, 2.24) is 15.5 Å². The van der Waals surface area contributed by atoms with Gasteiger partial charge in [-0.05, 0) is 52.5 Å². The van der Waals surface area contributed by atoms with Crippen LogP contribution in [0.4, 0.5) is 4.79 Å². The van der Waals surface area contributed by atoms with E-state index in [2.05, 4.69) is 10.6 Å². The van der Waals surface area contributed by atoms with Gasteiger partial charge in [0.25, 0.3) is 0 Å². The summed E-state index contributed by atoms with van der Waals surface area (Å²) in [6, 6.07) is 4.65. The first-order chi connectivity index (χ1) is 16.9. The molecule has 36 heavy (non-hydrogen) atoms. The molecule has 2 rings (SSSR count). The van der Waals surface area contributed by atoms with Crippen LogP contribution >= 0.6 is 0 Å². The van der Waals surface area contributed by atoms with E-state index >= 15 is 0 Å². The molecule has 0 saturated heterocycles. The summed E-state index contributed by atoms with van der Waals surface area (Å²) in [5, 5.41) is 15.1. The number of hydrogen-bond donors (Lipinski definition) is 3. The molecular weight excluding hydrogens is 466 g/mol. The molecule has 1 aliphatic carbocycles. The van der Waals surface area contributed by atoms with E-state index in [4.69, 9.17) is 9.47 Å². The Balaban J connectivity index is 2.34. The van der Waals surface area contributed by atoms with Gasteiger partial charge in [-0.2, -0.15) is 0 Å². The molecule has 0 bridgehead atoms. The average Bonchev–Trinajstić information content (AvgIpc) is 3.50. The van der Waals surface area contributed by atoms with Gasteiger partial charge in [-0.15, -0.1) is 0 Å². The molecule has 10 heteroatoms. The number of amides is 3. The van der Waals surface area contributed by atoms with Gasteiger partial charge < -0.3 is 30.1 Å². The zero-order valence-electron chi connectivity index (χ0n) is 22.0. The third kappa shape index (κ3) is 8.51. The summed E-state index contributed by atoms with van der Waals surface area (Å²) < 4.78 is 10.2. The van der Waals surface area contributed by atoms with E-state index in [0.717, 1.165) is 5.56 Å². The minimum atomic E-state index is -1.30. The predicted octanol–water partition coefficient (Wildman–Crippen LogP) is 2.23. The van der Waals surface area contributed by atoms with E-state index < -0.39 is 48.2 Å². The molecule has 3 N–H and O–H groups in total. The summed E-state index contributed by atoms with van der Waals surface area (Å²) >= 11 is 0. The molecule has 1 aromatic rings. The highest BCUT2D eigenvalue weighted by molar-refractivity contribution is 5.92. The molecule has 1 aliphatic rings. The number of esters is 1. The van der Waals surface area contributed by atoms with Crippen LogP contribution in [-0.4, -0.2) is 71.3 Å². The lowest BCUT2D eigenvalue weighted by Gasteiger charge is -2.34. The minimum absolute atomic E-state index is 0.00651. The molecule has 0 aliphatic heterocycles. The monoisotopic (exact) mass is 505 g/mol. The van der Waals surface area contributed by atoms with Crippen molar-refractivity contribution < 1.29 is 33.8 Å². The SMILES string of the molecule is CCOC(=O)CCNC(=O)C(c1ccc(C)cc1)N(C(=O)C(CO)NC(=O)OC(C)(C)C)C1CC1C. The average molecular weight is 506 g/mol. The fraction of sp³-hybridized carbons (Fsp3) is 0.615. The van der Waals surface area contributed by atoms with Gasteiger partial charge in [-0.1, -0.05) is 36.8 Å². The number of nitrogens with zero attached hydrogens (tertiary/aromatic N) is 1. The maximum atomic E-state index is 13.7. The lowest BCUT2D eigenvalue weighted by Crippen LogP contribution is -2.55. The van der Waals surface area contributed by atoms with Gasteiger partial charge in [0.2, 0.25) is 11.8 Å². The van der Waals surface area contributed by atoms with Crippen molar-refractivity contribution in [3.05, 3.63) is 35.4 Å². The van der Waals surface area contributed by atoms with Gasteiger partial charge >= 0.3 is 12.1 Å². The number of alkyl carbamates (subject to hydrolysis) is 1. The first-order valence-corrected chi connectivity index (χ1v) is 12.3. The number of rotatable bonds is 11. The molecule has 0 spiro atoms. The van der Waals surface area contributed by atoms with E-state index in [1.807, 2.05) is 26.0 Å². The lowest BCUT2D eigenvalue weighted by atomic mass is 10.0. The second-order valence-electron chi connectivity index (χ2n) is 10.1. The van der Waals surface area contributed by atoms with Crippen molar-refractivity contribution in [1.29, 1.82) is 0 Å². The molecule has 3 amide bonds. The zero-order chi connectivity index (χ0) is 27.0. The molecule has 0 radical (unpaired) electrons. The molecule has 200 valence electrons.